The largest absolute Gasteiger partial charge is 0.377 e. The molecule has 1 aliphatic heterocycles. The predicted octanol–water partition coefficient (Wildman–Crippen LogP) is 2.39. The molecule has 88 valence electrons. The Bertz CT molecular complexity index is 280. The summed E-state index contributed by atoms with van der Waals surface area (Å²) in [7, 11) is 0. The SMILES string of the molecule is c1ccc(CCNCC2CCCCO2)cc1. The third kappa shape index (κ3) is 3.95. The zero-order valence-corrected chi connectivity index (χ0v) is 9.82. The minimum absolute atomic E-state index is 0.449. The van der Waals surface area contributed by atoms with Crippen molar-refractivity contribution in [1.29, 1.82) is 0 Å². The van der Waals surface area contributed by atoms with Crippen LogP contribution in [0.4, 0.5) is 0 Å². The summed E-state index contributed by atoms with van der Waals surface area (Å²) in [6.07, 6.45) is 5.33. The van der Waals surface area contributed by atoms with Crippen LogP contribution in [0.3, 0.4) is 0 Å². The van der Waals surface area contributed by atoms with Crippen LogP contribution in [0.1, 0.15) is 24.8 Å². The van der Waals surface area contributed by atoms with Crippen molar-refractivity contribution in [2.24, 2.45) is 0 Å². The lowest BCUT2D eigenvalue weighted by Crippen LogP contribution is -2.32. The number of benzene rings is 1. The lowest BCUT2D eigenvalue weighted by Gasteiger charge is -2.22. The molecule has 1 aromatic carbocycles. The van der Waals surface area contributed by atoms with E-state index in [0.29, 0.717) is 6.10 Å². The number of ether oxygens (including phenoxy) is 1. The first-order valence-corrected chi connectivity index (χ1v) is 6.31. The Morgan fingerprint density at radius 3 is 2.81 bits per heavy atom. The fourth-order valence-corrected chi connectivity index (χ4v) is 2.11. The molecule has 1 heterocycles. The van der Waals surface area contributed by atoms with Crippen LogP contribution < -0.4 is 5.32 Å². The molecule has 2 rings (SSSR count). The van der Waals surface area contributed by atoms with E-state index in [4.69, 9.17) is 4.74 Å². The van der Waals surface area contributed by atoms with Crippen molar-refractivity contribution in [2.45, 2.75) is 31.8 Å². The van der Waals surface area contributed by atoms with Crippen molar-refractivity contribution >= 4 is 0 Å². The third-order valence-electron chi connectivity index (χ3n) is 3.08. The van der Waals surface area contributed by atoms with Gasteiger partial charge in [0.2, 0.25) is 0 Å². The summed E-state index contributed by atoms with van der Waals surface area (Å²) >= 11 is 0. The van der Waals surface area contributed by atoms with E-state index in [1.165, 1.54) is 24.8 Å². The van der Waals surface area contributed by atoms with Crippen molar-refractivity contribution in [3.63, 3.8) is 0 Å². The van der Waals surface area contributed by atoms with Crippen LogP contribution in [-0.4, -0.2) is 25.8 Å². The van der Waals surface area contributed by atoms with Gasteiger partial charge in [0, 0.05) is 13.2 Å². The van der Waals surface area contributed by atoms with Gasteiger partial charge in [-0.25, -0.2) is 0 Å². The first-order chi connectivity index (χ1) is 7.95. The Hall–Kier alpha value is -0.860. The van der Waals surface area contributed by atoms with Crippen molar-refractivity contribution in [3.8, 4) is 0 Å². The van der Waals surface area contributed by atoms with E-state index in [2.05, 4.69) is 35.6 Å². The molecule has 16 heavy (non-hydrogen) atoms. The number of hydrogen-bond acceptors (Lipinski definition) is 2. The van der Waals surface area contributed by atoms with Gasteiger partial charge in [-0.2, -0.15) is 0 Å². The highest BCUT2D eigenvalue weighted by molar-refractivity contribution is 5.14. The van der Waals surface area contributed by atoms with E-state index in [0.717, 1.165) is 26.1 Å². The lowest BCUT2D eigenvalue weighted by molar-refractivity contribution is 0.0171. The molecule has 1 saturated heterocycles. The van der Waals surface area contributed by atoms with Gasteiger partial charge in [0.05, 0.1) is 6.10 Å². The normalized spacial score (nSPS) is 20.9. The standard InChI is InChI=1S/C14H21NO/c1-2-6-13(7-3-1)9-10-15-12-14-8-4-5-11-16-14/h1-3,6-7,14-15H,4-5,8-12H2. The smallest absolute Gasteiger partial charge is 0.0699 e. The minimum Gasteiger partial charge on any atom is -0.377 e. The molecule has 1 aromatic rings. The van der Waals surface area contributed by atoms with E-state index in [-0.39, 0.29) is 0 Å². The molecule has 0 aliphatic carbocycles. The summed E-state index contributed by atoms with van der Waals surface area (Å²) in [5.74, 6) is 0. The molecule has 0 bridgehead atoms. The topological polar surface area (TPSA) is 21.3 Å². The number of rotatable bonds is 5. The summed E-state index contributed by atoms with van der Waals surface area (Å²) in [6.45, 7) is 3.00. The van der Waals surface area contributed by atoms with Crippen molar-refractivity contribution < 1.29 is 4.74 Å². The van der Waals surface area contributed by atoms with Gasteiger partial charge in [-0.3, -0.25) is 0 Å². The van der Waals surface area contributed by atoms with Gasteiger partial charge in [-0.1, -0.05) is 30.3 Å². The van der Waals surface area contributed by atoms with Gasteiger partial charge >= 0.3 is 0 Å². The average Bonchev–Trinajstić information content (AvgIpc) is 2.37. The number of nitrogens with one attached hydrogen (secondary N) is 1. The second-order valence-electron chi connectivity index (χ2n) is 4.43. The van der Waals surface area contributed by atoms with E-state index in [1.54, 1.807) is 0 Å². The highest BCUT2D eigenvalue weighted by Gasteiger charge is 2.12. The summed E-state index contributed by atoms with van der Waals surface area (Å²) in [5.41, 5.74) is 1.40. The zero-order chi connectivity index (χ0) is 11.1. The Labute approximate surface area is 98.0 Å². The summed E-state index contributed by atoms with van der Waals surface area (Å²) in [4.78, 5) is 0. The fraction of sp³-hybridized carbons (Fsp3) is 0.571. The molecular formula is C14H21NO. The van der Waals surface area contributed by atoms with Crippen molar-refractivity contribution in [3.05, 3.63) is 35.9 Å². The van der Waals surface area contributed by atoms with Crippen molar-refractivity contribution in [1.82, 2.24) is 5.32 Å². The summed E-state index contributed by atoms with van der Waals surface area (Å²) in [5, 5.41) is 3.48. The van der Waals surface area contributed by atoms with Gasteiger partial charge in [0.25, 0.3) is 0 Å². The average molecular weight is 219 g/mol. The fourth-order valence-electron chi connectivity index (χ4n) is 2.11. The highest BCUT2D eigenvalue weighted by Crippen LogP contribution is 2.11. The van der Waals surface area contributed by atoms with Gasteiger partial charge in [-0.15, -0.1) is 0 Å². The molecule has 0 radical (unpaired) electrons. The van der Waals surface area contributed by atoms with Gasteiger partial charge < -0.3 is 10.1 Å². The van der Waals surface area contributed by atoms with E-state index < -0.39 is 0 Å². The van der Waals surface area contributed by atoms with Crippen LogP contribution >= 0.6 is 0 Å². The molecular weight excluding hydrogens is 198 g/mol. The van der Waals surface area contributed by atoms with Crippen LogP contribution in [0.25, 0.3) is 0 Å². The molecule has 0 amide bonds. The molecule has 0 spiro atoms. The van der Waals surface area contributed by atoms with E-state index in [1.807, 2.05) is 0 Å². The minimum atomic E-state index is 0.449. The summed E-state index contributed by atoms with van der Waals surface area (Å²) < 4.78 is 5.67. The highest BCUT2D eigenvalue weighted by atomic mass is 16.5. The quantitative estimate of drug-likeness (QED) is 0.768. The van der Waals surface area contributed by atoms with Gasteiger partial charge in [0.15, 0.2) is 0 Å². The molecule has 0 saturated carbocycles. The monoisotopic (exact) mass is 219 g/mol. The van der Waals surface area contributed by atoms with Crippen LogP contribution in [0.5, 0.6) is 0 Å². The number of hydrogen-bond donors (Lipinski definition) is 1. The molecule has 1 atom stereocenters. The predicted molar refractivity (Wildman–Crippen MR) is 66.6 cm³/mol. The van der Waals surface area contributed by atoms with Crippen LogP contribution in [0, 0.1) is 0 Å². The molecule has 2 heteroatoms. The molecule has 2 nitrogen and oxygen atoms in total. The second-order valence-corrected chi connectivity index (χ2v) is 4.43. The summed E-state index contributed by atoms with van der Waals surface area (Å²) in [6, 6.07) is 10.6. The van der Waals surface area contributed by atoms with Crippen LogP contribution in [-0.2, 0) is 11.2 Å². The Balaban J connectivity index is 1.58. The van der Waals surface area contributed by atoms with E-state index in [9.17, 15) is 0 Å². The maximum Gasteiger partial charge on any atom is 0.0699 e. The molecule has 1 N–H and O–H groups in total. The third-order valence-corrected chi connectivity index (χ3v) is 3.08. The van der Waals surface area contributed by atoms with E-state index >= 15 is 0 Å². The van der Waals surface area contributed by atoms with Crippen LogP contribution in [0.15, 0.2) is 30.3 Å². The Morgan fingerprint density at radius 2 is 2.06 bits per heavy atom. The first kappa shape index (κ1) is 11.6. The Kier molecular flexibility index (Phi) is 4.84. The Morgan fingerprint density at radius 1 is 1.19 bits per heavy atom. The molecule has 1 fully saturated rings. The van der Waals surface area contributed by atoms with Gasteiger partial charge in [-0.05, 0) is 37.8 Å². The maximum atomic E-state index is 5.67. The molecule has 1 unspecified atom stereocenters. The lowest BCUT2D eigenvalue weighted by atomic mass is 10.1. The van der Waals surface area contributed by atoms with Crippen LogP contribution in [0.2, 0.25) is 0 Å². The molecule has 1 aliphatic rings. The molecule has 0 aromatic heterocycles. The first-order valence-electron chi connectivity index (χ1n) is 6.31. The second kappa shape index (κ2) is 6.66. The zero-order valence-electron chi connectivity index (χ0n) is 9.82. The maximum absolute atomic E-state index is 5.67. The van der Waals surface area contributed by atoms with Crippen molar-refractivity contribution in [2.75, 3.05) is 19.7 Å². The van der Waals surface area contributed by atoms with Gasteiger partial charge in [0.1, 0.15) is 0 Å².